The van der Waals surface area contributed by atoms with Gasteiger partial charge in [0.1, 0.15) is 0 Å². The molecule has 5 nitrogen and oxygen atoms in total. The lowest BCUT2D eigenvalue weighted by Crippen LogP contribution is -2.46. The number of nitrogens with two attached hydrogens (primary N) is 1. The van der Waals surface area contributed by atoms with E-state index in [2.05, 4.69) is 69.5 Å². The number of nitrogens with zero attached hydrogens (tertiary/aromatic N) is 3. The molecule has 2 aromatic carbocycles. The predicted molar refractivity (Wildman–Crippen MR) is 130 cm³/mol. The van der Waals surface area contributed by atoms with Gasteiger partial charge in [-0.3, -0.25) is 14.8 Å². The van der Waals surface area contributed by atoms with Gasteiger partial charge in [0.05, 0.1) is 6.54 Å². The summed E-state index contributed by atoms with van der Waals surface area (Å²) in [6.07, 6.45) is 1.02. The molecule has 0 radical (unpaired) electrons. The highest BCUT2D eigenvalue weighted by atomic mass is 127. The Kier molecular flexibility index (Phi) is 9.73. The zero-order valence-electron chi connectivity index (χ0n) is 16.7. The summed E-state index contributed by atoms with van der Waals surface area (Å²) in [5.41, 5.74) is 9.72. The van der Waals surface area contributed by atoms with Crippen molar-refractivity contribution in [1.29, 1.82) is 0 Å². The summed E-state index contributed by atoms with van der Waals surface area (Å²) < 4.78 is 0. The molecular formula is C22H32IN5. The third-order valence-electron chi connectivity index (χ3n) is 5.02. The molecule has 1 aliphatic heterocycles. The van der Waals surface area contributed by atoms with Crippen LogP contribution >= 0.6 is 24.0 Å². The molecule has 2 aromatic rings. The smallest absolute Gasteiger partial charge is 0.193 e. The quantitative estimate of drug-likeness (QED) is 0.353. The first-order valence-electron chi connectivity index (χ1n) is 9.87. The first-order chi connectivity index (χ1) is 13.2. The second-order valence-corrected chi connectivity index (χ2v) is 7.05. The van der Waals surface area contributed by atoms with E-state index in [-0.39, 0.29) is 24.0 Å². The van der Waals surface area contributed by atoms with Crippen LogP contribution in [0.3, 0.4) is 0 Å². The molecule has 3 N–H and O–H groups in total. The lowest BCUT2D eigenvalue weighted by atomic mass is 10.1. The van der Waals surface area contributed by atoms with Gasteiger partial charge in [0.15, 0.2) is 5.96 Å². The summed E-state index contributed by atoms with van der Waals surface area (Å²) in [4.78, 5) is 9.47. The van der Waals surface area contributed by atoms with Gasteiger partial charge in [-0.1, -0.05) is 49.4 Å². The molecule has 1 aliphatic rings. The SMILES string of the molecule is CCc1cccc(NC(N)=NCCN2CCN(Cc3ccccc3)CC2)c1.I. The molecule has 6 heteroatoms. The van der Waals surface area contributed by atoms with Crippen molar-refractivity contribution in [2.24, 2.45) is 10.7 Å². The molecular weight excluding hydrogens is 461 g/mol. The maximum absolute atomic E-state index is 6.03. The molecule has 152 valence electrons. The third-order valence-corrected chi connectivity index (χ3v) is 5.02. The number of aryl methyl sites for hydroxylation is 1. The Morgan fingerprint density at radius 1 is 0.964 bits per heavy atom. The number of rotatable bonds is 7. The Balaban J connectivity index is 0.00000280. The highest BCUT2D eigenvalue weighted by Crippen LogP contribution is 2.11. The van der Waals surface area contributed by atoms with Gasteiger partial charge in [0, 0.05) is 45.0 Å². The molecule has 0 spiro atoms. The second-order valence-electron chi connectivity index (χ2n) is 7.05. The van der Waals surface area contributed by atoms with Crippen molar-refractivity contribution in [3.05, 3.63) is 65.7 Å². The van der Waals surface area contributed by atoms with Gasteiger partial charge >= 0.3 is 0 Å². The number of guanidine groups is 1. The Bertz CT molecular complexity index is 727. The van der Waals surface area contributed by atoms with Crippen molar-refractivity contribution in [2.45, 2.75) is 19.9 Å². The van der Waals surface area contributed by atoms with E-state index in [0.29, 0.717) is 5.96 Å². The summed E-state index contributed by atoms with van der Waals surface area (Å²) in [6, 6.07) is 19.0. The summed E-state index contributed by atoms with van der Waals surface area (Å²) in [6.45, 7) is 9.27. The molecule has 0 saturated carbocycles. The van der Waals surface area contributed by atoms with Crippen molar-refractivity contribution in [1.82, 2.24) is 9.80 Å². The molecule has 28 heavy (non-hydrogen) atoms. The van der Waals surface area contributed by atoms with Crippen molar-refractivity contribution in [3.63, 3.8) is 0 Å². The fourth-order valence-electron chi connectivity index (χ4n) is 3.38. The van der Waals surface area contributed by atoms with Gasteiger partial charge in [0.25, 0.3) is 0 Å². The van der Waals surface area contributed by atoms with Crippen LogP contribution in [-0.4, -0.2) is 55.0 Å². The van der Waals surface area contributed by atoms with Crippen LogP contribution in [-0.2, 0) is 13.0 Å². The Morgan fingerprint density at radius 2 is 1.64 bits per heavy atom. The minimum atomic E-state index is 0. The highest BCUT2D eigenvalue weighted by Gasteiger charge is 2.16. The van der Waals surface area contributed by atoms with Gasteiger partial charge in [-0.25, -0.2) is 0 Å². The summed E-state index contributed by atoms with van der Waals surface area (Å²) in [5, 5.41) is 3.19. The molecule has 0 unspecified atom stereocenters. The van der Waals surface area contributed by atoms with Crippen molar-refractivity contribution < 1.29 is 0 Å². The maximum atomic E-state index is 6.03. The van der Waals surface area contributed by atoms with Crippen LogP contribution < -0.4 is 11.1 Å². The number of piperazine rings is 1. The summed E-state index contributed by atoms with van der Waals surface area (Å²) in [7, 11) is 0. The molecule has 0 aromatic heterocycles. The van der Waals surface area contributed by atoms with E-state index in [1.165, 1.54) is 11.1 Å². The minimum Gasteiger partial charge on any atom is -0.370 e. The predicted octanol–water partition coefficient (Wildman–Crippen LogP) is 3.41. The third kappa shape index (κ3) is 7.41. The average molecular weight is 493 g/mol. The van der Waals surface area contributed by atoms with Gasteiger partial charge in [-0.15, -0.1) is 24.0 Å². The first-order valence-corrected chi connectivity index (χ1v) is 9.87. The number of halogens is 1. The lowest BCUT2D eigenvalue weighted by molar-refractivity contribution is 0.130. The molecule has 0 atom stereocenters. The van der Waals surface area contributed by atoms with Gasteiger partial charge in [0.2, 0.25) is 0 Å². The van der Waals surface area contributed by atoms with Crippen LogP contribution in [0.15, 0.2) is 59.6 Å². The standard InChI is InChI=1S/C22H31N5.HI/c1-2-19-9-6-10-21(17-19)25-22(23)24-11-12-26-13-15-27(16-14-26)18-20-7-4-3-5-8-20;/h3-10,17H,2,11-16,18H2,1H3,(H3,23,24,25);1H. The number of hydrogen-bond donors (Lipinski definition) is 2. The van der Waals surface area contributed by atoms with E-state index in [1.807, 2.05) is 12.1 Å². The Labute approximate surface area is 186 Å². The summed E-state index contributed by atoms with van der Waals surface area (Å²) >= 11 is 0. The van der Waals surface area contributed by atoms with Crippen LogP contribution in [0.5, 0.6) is 0 Å². The van der Waals surface area contributed by atoms with Gasteiger partial charge < -0.3 is 11.1 Å². The number of hydrogen-bond acceptors (Lipinski definition) is 3. The van der Waals surface area contributed by atoms with E-state index in [0.717, 1.165) is 57.9 Å². The van der Waals surface area contributed by atoms with Crippen LogP contribution in [0.2, 0.25) is 0 Å². The summed E-state index contributed by atoms with van der Waals surface area (Å²) in [5.74, 6) is 0.492. The van der Waals surface area contributed by atoms with E-state index < -0.39 is 0 Å². The topological polar surface area (TPSA) is 56.9 Å². The van der Waals surface area contributed by atoms with Crippen molar-refractivity contribution in [2.75, 3.05) is 44.6 Å². The molecule has 3 rings (SSSR count). The number of nitrogens with one attached hydrogen (secondary N) is 1. The first kappa shape index (κ1) is 22.6. The zero-order valence-corrected chi connectivity index (χ0v) is 19.0. The molecule has 1 saturated heterocycles. The van der Waals surface area contributed by atoms with E-state index >= 15 is 0 Å². The molecule has 1 heterocycles. The monoisotopic (exact) mass is 493 g/mol. The minimum absolute atomic E-state index is 0. The fraction of sp³-hybridized carbons (Fsp3) is 0.409. The van der Waals surface area contributed by atoms with Crippen LogP contribution in [0.1, 0.15) is 18.1 Å². The molecule has 1 fully saturated rings. The Hall–Kier alpha value is -1.64. The van der Waals surface area contributed by atoms with Gasteiger partial charge in [-0.05, 0) is 29.7 Å². The van der Waals surface area contributed by atoms with E-state index in [4.69, 9.17) is 5.73 Å². The van der Waals surface area contributed by atoms with Crippen molar-refractivity contribution in [3.8, 4) is 0 Å². The van der Waals surface area contributed by atoms with Crippen molar-refractivity contribution >= 4 is 35.6 Å². The number of anilines is 1. The number of aliphatic imine (C=N–C) groups is 1. The van der Waals surface area contributed by atoms with Crippen LogP contribution in [0, 0.1) is 0 Å². The second kappa shape index (κ2) is 12.0. The average Bonchev–Trinajstić information content (AvgIpc) is 2.70. The normalized spacial score (nSPS) is 15.8. The Morgan fingerprint density at radius 3 is 2.36 bits per heavy atom. The highest BCUT2D eigenvalue weighted by molar-refractivity contribution is 14.0. The molecule has 0 aliphatic carbocycles. The van der Waals surface area contributed by atoms with Gasteiger partial charge in [-0.2, -0.15) is 0 Å². The fourth-order valence-corrected chi connectivity index (χ4v) is 3.38. The van der Waals surface area contributed by atoms with Crippen LogP contribution in [0.4, 0.5) is 5.69 Å². The van der Waals surface area contributed by atoms with Crippen LogP contribution in [0.25, 0.3) is 0 Å². The maximum Gasteiger partial charge on any atom is 0.193 e. The zero-order chi connectivity index (χ0) is 18.9. The van der Waals surface area contributed by atoms with E-state index in [1.54, 1.807) is 0 Å². The largest absolute Gasteiger partial charge is 0.370 e. The van der Waals surface area contributed by atoms with E-state index in [9.17, 15) is 0 Å². The molecule has 0 bridgehead atoms. The molecule has 0 amide bonds. The lowest BCUT2D eigenvalue weighted by Gasteiger charge is -2.34. The number of benzene rings is 2.